The van der Waals surface area contributed by atoms with E-state index < -0.39 is 0 Å². The molecule has 0 fully saturated rings. The van der Waals surface area contributed by atoms with Crippen molar-refractivity contribution in [2.24, 2.45) is 11.8 Å². The van der Waals surface area contributed by atoms with Crippen molar-refractivity contribution in [1.29, 1.82) is 0 Å². The molecule has 0 aromatic carbocycles. The van der Waals surface area contributed by atoms with Crippen LogP contribution in [-0.2, 0) is 0 Å². The normalized spacial score (nSPS) is 13.5. The lowest BCUT2D eigenvalue weighted by molar-refractivity contribution is 0.238. The second kappa shape index (κ2) is 28.2. The van der Waals surface area contributed by atoms with E-state index in [1.165, 1.54) is 173 Å². The summed E-state index contributed by atoms with van der Waals surface area (Å²) in [6.45, 7) is 9.40. The highest BCUT2D eigenvalue weighted by Gasteiger charge is 2.20. The molecule has 0 nitrogen and oxygen atoms in total. The van der Waals surface area contributed by atoms with E-state index in [2.05, 4.69) is 27.7 Å². The Bertz CT molecular complexity index is 333. The van der Waals surface area contributed by atoms with Gasteiger partial charge in [0.15, 0.2) is 0 Å². The lowest BCUT2D eigenvalue weighted by Crippen LogP contribution is -2.16. The largest absolute Gasteiger partial charge is 0.0654 e. The molecule has 0 radical (unpaired) electrons. The van der Waals surface area contributed by atoms with Crippen molar-refractivity contribution in [3.8, 4) is 0 Å². The van der Waals surface area contributed by atoms with Crippen molar-refractivity contribution < 1.29 is 0 Å². The molecule has 0 heteroatoms. The highest BCUT2D eigenvalue weighted by Crippen LogP contribution is 2.33. The maximum Gasteiger partial charge on any atom is -0.0386 e. The number of unbranched alkanes of at least 4 members (excludes halogenated alkanes) is 19. The van der Waals surface area contributed by atoms with Gasteiger partial charge in [-0.05, 0) is 11.8 Å². The van der Waals surface area contributed by atoms with Gasteiger partial charge >= 0.3 is 0 Å². The highest BCUT2D eigenvalue weighted by atomic mass is 14.3. The first kappa shape index (κ1) is 33.0. The summed E-state index contributed by atoms with van der Waals surface area (Å²) in [5, 5.41) is 0. The highest BCUT2D eigenvalue weighted by molar-refractivity contribution is 4.72. The van der Waals surface area contributed by atoms with Crippen molar-refractivity contribution in [1.82, 2.24) is 0 Å². The van der Waals surface area contributed by atoms with E-state index in [-0.39, 0.29) is 0 Å². The smallest absolute Gasteiger partial charge is 0.0386 e. The molecule has 0 rings (SSSR count). The summed E-state index contributed by atoms with van der Waals surface area (Å²) in [5.74, 6) is 2.06. The first-order valence-electron chi connectivity index (χ1n) is 16.3. The van der Waals surface area contributed by atoms with Gasteiger partial charge in [-0.3, -0.25) is 0 Å². The molecule has 0 bridgehead atoms. The fraction of sp³-hybridized carbons (Fsp3) is 1.00. The van der Waals surface area contributed by atoms with Crippen molar-refractivity contribution in [2.75, 3.05) is 0 Å². The van der Waals surface area contributed by atoms with Crippen molar-refractivity contribution in [2.45, 2.75) is 201 Å². The minimum atomic E-state index is 1.03. The molecule has 33 heavy (non-hydrogen) atoms. The van der Waals surface area contributed by atoms with Crippen LogP contribution in [0.15, 0.2) is 0 Å². The first-order valence-corrected chi connectivity index (χ1v) is 16.3. The average molecular weight is 465 g/mol. The first-order chi connectivity index (χ1) is 16.3. The molecule has 0 spiro atoms. The van der Waals surface area contributed by atoms with Crippen LogP contribution in [0.25, 0.3) is 0 Å². The maximum atomic E-state index is 2.39. The molecule has 2 unspecified atom stereocenters. The lowest BCUT2D eigenvalue weighted by Gasteiger charge is -2.28. The third kappa shape index (κ3) is 23.5. The standard InChI is InChI=1S/C33H68/c1-5-9-13-15-17-19-21-23-26-30-32(28-12-8-4)33(29-25-11-7-3)31-27-24-22-20-18-16-14-10-6-2/h32-33H,5-31H2,1-4H3. The number of rotatable bonds is 28. The summed E-state index contributed by atoms with van der Waals surface area (Å²) < 4.78 is 0. The summed E-state index contributed by atoms with van der Waals surface area (Å²) >= 11 is 0. The van der Waals surface area contributed by atoms with Crippen LogP contribution in [0, 0.1) is 11.8 Å². The van der Waals surface area contributed by atoms with Gasteiger partial charge in [0.05, 0.1) is 0 Å². The Morgan fingerprint density at radius 1 is 0.242 bits per heavy atom. The molecule has 0 aromatic rings. The molecule has 0 aliphatic carbocycles. The van der Waals surface area contributed by atoms with E-state index in [4.69, 9.17) is 0 Å². The van der Waals surface area contributed by atoms with Crippen molar-refractivity contribution >= 4 is 0 Å². The zero-order valence-electron chi connectivity index (χ0n) is 24.2. The van der Waals surface area contributed by atoms with Crippen LogP contribution < -0.4 is 0 Å². The van der Waals surface area contributed by atoms with Gasteiger partial charge in [0, 0.05) is 0 Å². The SMILES string of the molecule is CCCCCCCCCCCC(CCCC)C(CCCCC)CCCCCCCCCCC. The van der Waals surface area contributed by atoms with E-state index in [0.29, 0.717) is 0 Å². The van der Waals surface area contributed by atoms with Crippen molar-refractivity contribution in [3.63, 3.8) is 0 Å². The minimum absolute atomic E-state index is 1.03. The lowest BCUT2D eigenvalue weighted by atomic mass is 9.78. The van der Waals surface area contributed by atoms with E-state index in [0.717, 1.165) is 11.8 Å². The fourth-order valence-corrected chi connectivity index (χ4v) is 5.79. The molecule has 0 aromatic heterocycles. The fourth-order valence-electron chi connectivity index (χ4n) is 5.79. The van der Waals surface area contributed by atoms with Gasteiger partial charge < -0.3 is 0 Å². The predicted octanol–water partition coefficient (Wildman–Crippen LogP) is 12.8. The summed E-state index contributed by atoms with van der Waals surface area (Å²) in [6, 6.07) is 0. The zero-order valence-corrected chi connectivity index (χ0v) is 24.2. The third-order valence-corrected chi connectivity index (χ3v) is 8.13. The van der Waals surface area contributed by atoms with Crippen LogP contribution in [0.1, 0.15) is 201 Å². The summed E-state index contributed by atoms with van der Waals surface area (Å²) in [5.41, 5.74) is 0. The van der Waals surface area contributed by atoms with E-state index in [1.54, 1.807) is 0 Å². The quantitative estimate of drug-likeness (QED) is 0.101. The van der Waals surface area contributed by atoms with Gasteiger partial charge in [0.1, 0.15) is 0 Å². The Kier molecular flexibility index (Phi) is 28.2. The molecule has 2 atom stereocenters. The van der Waals surface area contributed by atoms with Gasteiger partial charge in [0.25, 0.3) is 0 Å². The molecule has 0 aliphatic rings. The van der Waals surface area contributed by atoms with Gasteiger partial charge in [-0.1, -0.05) is 201 Å². The Hall–Kier alpha value is 0. The monoisotopic (exact) mass is 465 g/mol. The van der Waals surface area contributed by atoms with Gasteiger partial charge in [-0.2, -0.15) is 0 Å². The molecule has 0 saturated heterocycles. The van der Waals surface area contributed by atoms with Gasteiger partial charge in [-0.25, -0.2) is 0 Å². The molecule has 0 aliphatic heterocycles. The summed E-state index contributed by atoms with van der Waals surface area (Å²) in [4.78, 5) is 0. The number of hydrogen-bond donors (Lipinski definition) is 0. The Balaban J connectivity index is 4.24. The van der Waals surface area contributed by atoms with Crippen LogP contribution in [0.4, 0.5) is 0 Å². The molecular weight excluding hydrogens is 396 g/mol. The predicted molar refractivity (Wildman–Crippen MR) is 154 cm³/mol. The van der Waals surface area contributed by atoms with E-state index >= 15 is 0 Å². The second-order valence-electron chi connectivity index (χ2n) is 11.4. The van der Waals surface area contributed by atoms with Crippen molar-refractivity contribution in [3.05, 3.63) is 0 Å². The third-order valence-electron chi connectivity index (χ3n) is 8.13. The number of hydrogen-bond acceptors (Lipinski definition) is 0. The average Bonchev–Trinajstić information content (AvgIpc) is 2.83. The Morgan fingerprint density at radius 3 is 0.788 bits per heavy atom. The van der Waals surface area contributed by atoms with E-state index in [1.807, 2.05) is 0 Å². The van der Waals surface area contributed by atoms with Crippen LogP contribution in [-0.4, -0.2) is 0 Å². The minimum Gasteiger partial charge on any atom is -0.0654 e. The molecule has 200 valence electrons. The molecule has 0 N–H and O–H groups in total. The Labute approximate surface area is 212 Å². The molecular formula is C33H68. The van der Waals surface area contributed by atoms with E-state index in [9.17, 15) is 0 Å². The van der Waals surface area contributed by atoms with Crippen LogP contribution in [0.2, 0.25) is 0 Å². The Morgan fingerprint density at radius 2 is 0.455 bits per heavy atom. The van der Waals surface area contributed by atoms with Crippen LogP contribution in [0.3, 0.4) is 0 Å². The van der Waals surface area contributed by atoms with Crippen LogP contribution in [0.5, 0.6) is 0 Å². The molecule has 0 heterocycles. The second-order valence-corrected chi connectivity index (χ2v) is 11.4. The van der Waals surface area contributed by atoms with Crippen LogP contribution >= 0.6 is 0 Å². The molecule has 0 saturated carbocycles. The van der Waals surface area contributed by atoms with Gasteiger partial charge in [0.2, 0.25) is 0 Å². The maximum absolute atomic E-state index is 2.39. The summed E-state index contributed by atoms with van der Waals surface area (Å²) in [7, 11) is 0. The molecule has 0 amide bonds. The van der Waals surface area contributed by atoms with Gasteiger partial charge in [-0.15, -0.1) is 0 Å². The topological polar surface area (TPSA) is 0 Å². The zero-order chi connectivity index (χ0) is 24.2. The summed E-state index contributed by atoms with van der Waals surface area (Å²) in [6.07, 6.45) is 39.7.